The maximum absolute atomic E-state index is 12.7. The molecule has 2 heterocycles. The second-order valence-electron chi connectivity index (χ2n) is 6.23. The van der Waals surface area contributed by atoms with Crippen LogP contribution in [0.25, 0.3) is 17.4 Å². The first-order chi connectivity index (χ1) is 13.9. The van der Waals surface area contributed by atoms with Crippen molar-refractivity contribution in [1.82, 2.24) is 4.90 Å². The average Bonchev–Trinajstić information content (AvgIpc) is 3.26. The van der Waals surface area contributed by atoms with E-state index in [1.165, 1.54) is 4.90 Å². The summed E-state index contributed by atoms with van der Waals surface area (Å²) in [6.07, 6.45) is 1.57. The summed E-state index contributed by atoms with van der Waals surface area (Å²) < 4.78 is 5.79. The van der Waals surface area contributed by atoms with Crippen LogP contribution in [-0.4, -0.2) is 16.0 Å². The highest BCUT2D eigenvalue weighted by Gasteiger charge is 2.35. The van der Waals surface area contributed by atoms with Crippen molar-refractivity contribution in [3.05, 3.63) is 85.9 Å². The number of benzene rings is 2. The van der Waals surface area contributed by atoms with Gasteiger partial charge in [-0.2, -0.15) is 0 Å². The molecule has 2 aromatic carbocycles. The molecule has 0 unspecified atom stereocenters. The number of imide groups is 1. The number of halogens is 3. The summed E-state index contributed by atoms with van der Waals surface area (Å²) in [7, 11) is 0. The summed E-state index contributed by atoms with van der Waals surface area (Å²) in [5, 5.41) is 1.07. The van der Waals surface area contributed by atoms with E-state index >= 15 is 0 Å². The Bertz CT molecular complexity index is 1140. The number of carbonyl (C=O) groups excluding carboxylic acids is 2. The van der Waals surface area contributed by atoms with E-state index in [1.807, 2.05) is 12.1 Å². The summed E-state index contributed by atoms with van der Waals surface area (Å²) >= 11 is 18.7. The van der Waals surface area contributed by atoms with Gasteiger partial charge >= 0.3 is 0 Å². The molecule has 4 nitrogen and oxygen atoms in total. The van der Waals surface area contributed by atoms with Crippen LogP contribution in [0.15, 0.2) is 63.9 Å². The van der Waals surface area contributed by atoms with Crippen LogP contribution in [-0.2, 0) is 11.3 Å². The third-order valence-electron chi connectivity index (χ3n) is 4.23. The summed E-state index contributed by atoms with van der Waals surface area (Å²) in [6, 6.07) is 15.8. The lowest BCUT2D eigenvalue weighted by atomic mass is 10.2. The monoisotopic (exact) mass is 463 g/mol. The van der Waals surface area contributed by atoms with Crippen LogP contribution in [0.3, 0.4) is 0 Å². The second kappa shape index (κ2) is 8.28. The van der Waals surface area contributed by atoms with E-state index in [0.29, 0.717) is 37.1 Å². The molecule has 0 atom stereocenters. The molecule has 0 N–H and O–H groups in total. The molecule has 0 saturated carbocycles. The zero-order valence-corrected chi connectivity index (χ0v) is 17.8. The Morgan fingerprint density at radius 2 is 1.69 bits per heavy atom. The normalized spacial score (nSPS) is 15.6. The Hall–Kier alpha value is -2.18. The third kappa shape index (κ3) is 4.38. The van der Waals surface area contributed by atoms with Gasteiger partial charge in [-0.05, 0) is 65.9 Å². The van der Waals surface area contributed by atoms with Crippen molar-refractivity contribution in [2.24, 2.45) is 0 Å². The zero-order chi connectivity index (χ0) is 20.5. The molecule has 1 aliphatic rings. The molecule has 0 spiro atoms. The molecule has 0 bridgehead atoms. The first-order valence-corrected chi connectivity index (χ1v) is 10.4. The maximum Gasteiger partial charge on any atom is 0.293 e. The smallest absolute Gasteiger partial charge is 0.293 e. The highest BCUT2D eigenvalue weighted by atomic mass is 35.5. The molecule has 8 heteroatoms. The van der Waals surface area contributed by atoms with Crippen molar-refractivity contribution >= 4 is 63.8 Å². The Morgan fingerprint density at radius 1 is 0.931 bits per heavy atom. The van der Waals surface area contributed by atoms with Crippen LogP contribution in [0.5, 0.6) is 0 Å². The molecule has 1 fully saturated rings. The molecular weight excluding hydrogens is 453 g/mol. The van der Waals surface area contributed by atoms with Crippen molar-refractivity contribution < 1.29 is 14.0 Å². The van der Waals surface area contributed by atoms with Crippen molar-refractivity contribution in [3.8, 4) is 11.3 Å². The van der Waals surface area contributed by atoms with Crippen LogP contribution < -0.4 is 0 Å². The largest absolute Gasteiger partial charge is 0.457 e. The maximum atomic E-state index is 12.7. The number of amides is 2. The van der Waals surface area contributed by atoms with Gasteiger partial charge in [0, 0.05) is 16.7 Å². The van der Waals surface area contributed by atoms with Gasteiger partial charge in [-0.1, -0.05) is 40.9 Å². The number of rotatable bonds is 4. The van der Waals surface area contributed by atoms with Gasteiger partial charge in [-0.25, -0.2) is 0 Å². The molecule has 0 radical (unpaired) electrons. The molecule has 146 valence electrons. The van der Waals surface area contributed by atoms with E-state index in [9.17, 15) is 9.59 Å². The van der Waals surface area contributed by atoms with E-state index in [-0.39, 0.29) is 17.7 Å². The van der Waals surface area contributed by atoms with Gasteiger partial charge in [0.1, 0.15) is 11.5 Å². The number of hydrogen-bond acceptors (Lipinski definition) is 4. The molecule has 29 heavy (non-hydrogen) atoms. The first kappa shape index (κ1) is 20.1. The van der Waals surface area contributed by atoms with Gasteiger partial charge in [0.15, 0.2) is 0 Å². The summed E-state index contributed by atoms with van der Waals surface area (Å²) in [5.41, 5.74) is 1.58. The minimum atomic E-state index is -0.379. The van der Waals surface area contributed by atoms with Crippen molar-refractivity contribution in [1.29, 1.82) is 0 Å². The quantitative estimate of drug-likeness (QED) is 0.385. The molecule has 4 rings (SSSR count). The molecule has 1 saturated heterocycles. The zero-order valence-electron chi connectivity index (χ0n) is 14.7. The molecule has 1 aliphatic heterocycles. The van der Waals surface area contributed by atoms with E-state index in [4.69, 9.17) is 39.2 Å². The van der Waals surface area contributed by atoms with Gasteiger partial charge in [-0.3, -0.25) is 14.5 Å². The lowest BCUT2D eigenvalue weighted by Crippen LogP contribution is -2.27. The fourth-order valence-corrected chi connectivity index (χ4v) is 4.05. The average molecular weight is 465 g/mol. The molecule has 1 aromatic heterocycles. The Kier molecular flexibility index (Phi) is 5.74. The molecule has 0 aliphatic carbocycles. The van der Waals surface area contributed by atoms with E-state index < -0.39 is 0 Å². The topological polar surface area (TPSA) is 50.5 Å². The molecule has 3 aromatic rings. The van der Waals surface area contributed by atoms with E-state index in [1.54, 1.807) is 48.5 Å². The van der Waals surface area contributed by atoms with Gasteiger partial charge < -0.3 is 4.42 Å². The fraction of sp³-hybridized carbons (Fsp3) is 0.0476. The number of nitrogens with zero attached hydrogens (tertiary/aromatic N) is 1. The van der Waals surface area contributed by atoms with Crippen LogP contribution in [0.4, 0.5) is 4.79 Å². The predicted octanol–water partition coefficient (Wildman–Crippen LogP) is 7.14. The number of furan rings is 1. The number of carbonyl (C=O) groups is 2. The van der Waals surface area contributed by atoms with Crippen LogP contribution >= 0.6 is 46.6 Å². The van der Waals surface area contributed by atoms with Crippen molar-refractivity contribution in [2.75, 3.05) is 0 Å². The van der Waals surface area contributed by atoms with Crippen molar-refractivity contribution in [2.45, 2.75) is 6.54 Å². The SMILES string of the molecule is O=C1S/C(=C\c2ccc(-c3ccc(Cl)cc3)o2)C(=O)N1Cc1ccc(Cl)c(Cl)c1. The van der Waals surface area contributed by atoms with Crippen molar-refractivity contribution in [3.63, 3.8) is 0 Å². The minimum Gasteiger partial charge on any atom is -0.457 e. The van der Waals surface area contributed by atoms with Gasteiger partial charge in [0.25, 0.3) is 11.1 Å². The molecular formula is C21H12Cl3NO3S. The lowest BCUT2D eigenvalue weighted by Gasteiger charge is -2.12. The summed E-state index contributed by atoms with van der Waals surface area (Å²) in [6.45, 7) is 0.118. The third-order valence-corrected chi connectivity index (χ3v) is 6.13. The first-order valence-electron chi connectivity index (χ1n) is 8.46. The highest BCUT2D eigenvalue weighted by Crippen LogP contribution is 2.35. The van der Waals surface area contributed by atoms with Gasteiger partial charge in [0.2, 0.25) is 0 Å². The predicted molar refractivity (Wildman–Crippen MR) is 117 cm³/mol. The minimum absolute atomic E-state index is 0.118. The van der Waals surface area contributed by atoms with Crippen LogP contribution in [0.1, 0.15) is 11.3 Å². The Morgan fingerprint density at radius 3 is 2.41 bits per heavy atom. The van der Waals surface area contributed by atoms with E-state index in [2.05, 4.69) is 0 Å². The Labute approximate surface area is 186 Å². The summed E-state index contributed by atoms with van der Waals surface area (Å²) in [4.78, 5) is 26.5. The Balaban J connectivity index is 1.53. The van der Waals surface area contributed by atoms with Gasteiger partial charge in [-0.15, -0.1) is 0 Å². The fourth-order valence-electron chi connectivity index (χ4n) is 2.79. The van der Waals surface area contributed by atoms with Crippen LogP contribution in [0, 0.1) is 0 Å². The number of hydrogen-bond donors (Lipinski definition) is 0. The molecule has 2 amide bonds. The highest BCUT2D eigenvalue weighted by molar-refractivity contribution is 8.18. The summed E-state index contributed by atoms with van der Waals surface area (Å²) in [5.74, 6) is 0.744. The van der Waals surface area contributed by atoms with Crippen LogP contribution in [0.2, 0.25) is 15.1 Å². The van der Waals surface area contributed by atoms with E-state index in [0.717, 1.165) is 17.3 Å². The lowest BCUT2D eigenvalue weighted by molar-refractivity contribution is -0.123. The second-order valence-corrected chi connectivity index (χ2v) is 8.47. The van der Waals surface area contributed by atoms with Gasteiger partial charge in [0.05, 0.1) is 21.5 Å². The number of thioether (sulfide) groups is 1. The standard InChI is InChI=1S/C21H12Cl3NO3S/c22-14-4-2-13(3-5-14)18-8-6-15(28-18)10-19-20(26)25(21(27)29-19)11-12-1-7-16(23)17(24)9-12/h1-10H,11H2/b19-10-.